The number of rotatable bonds is 7. The maximum atomic E-state index is 14.0. The van der Waals surface area contributed by atoms with E-state index in [1.54, 1.807) is 14.2 Å². The summed E-state index contributed by atoms with van der Waals surface area (Å²) in [6, 6.07) is 9.00. The topological polar surface area (TPSA) is 100 Å². The standard InChI is InChI=1S/C27H33F2N3O3.C2HF3O2/c1-34-23-8-5-18(13-24(23)35-2)27-10-9-20(15-25(27)32(12-11-27)16-17-3-4-17)30-26(33)31-22-14-19(28)6-7-21(22)29;3-2(4,5)1(6)7/h5-8,13-14,17,20,25H,3-4,9-12,15-16H2,1-2H3,(H2,30,31,33);(H,6,7)/t20-,25+,27+;/m1./s1. The summed E-state index contributed by atoms with van der Waals surface area (Å²) in [6.07, 6.45) is 1.09. The summed E-state index contributed by atoms with van der Waals surface area (Å²) in [6.45, 7) is 2.12. The first-order valence-corrected chi connectivity index (χ1v) is 13.7. The molecular formula is C29H34F5N3O5. The number of aliphatic carboxylic acids is 1. The second-order valence-corrected chi connectivity index (χ2v) is 10.9. The molecular weight excluding hydrogens is 565 g/mol. The van der Waals surface area contributed by atoms with E-state index >= 15 is 0 Å². The first-order valence-electron chi connectivity index (χ1n) is 13.7. The van der Waals surface area contributed by atoms with E-state index in [1.165, 1.54) is 18.4 Å². The van der Waals surface area contributed by atoms with E-state index in [9.17, 15) is 26.7 Å². The van der Waals surface area contributed by atoms with Crippen molar-refractivity contribution >= 4 is 17.7 Å². The normalized spacial score (nSPS) is 23.7. The van der Waals surface area contributed by atoms with Gasteiger partial charge in [0.05, 0.1) is 19.9 Å². The summed E-state index contributed by atoms with van der Waals surface area (Å²) in [7, 11) is 3.30. The number of urea groups is 1. The van der Waals surface area contributed by atoms with Crippen LogP contribution in [0, 0.1) is 17.6 Å². The van der Waals surface area contributed by atoms with Crippen LogP contribution in [-0.4, -0.2) is 67.6 Å². The van der Waals surface area contributed by atoms with Gasteiger partial charge in [0, 0.05) is 30.1 Å². The highest BCUT2D eigenvalue weighted by Crippen LogP contribution is 2.51. The van der Waals surface area contributed by atoms with Crippen LogP contribution >= 0.6 is 0 Å². The van der Waals surface area contributed by atoms with E-state index in [1.807, 2.05) is 6.07 Å². The van der Waals surface area contributed by atoms with Gasteiger partial charge in [0.2, 0.25) is 0 Å². The van der Waals surface area contributed by atoms with Crippen molar-refractivity contribution in [1.82, 2.24) is 10.2 Å². The number of benzene rings is 2. The third-order valence-corrected chi connectivity index (χ3v) is 8.27. The first-order chi connectivity index (χ1) is 19.9. The number of hydrogen-bond donors (Lipinski definition) is 3. The monoisotopic (exact) mass is 599 g/mol. The Morgan fingerprint density at radius 3 is 2.33 bits per heavy atom. The van der Waals surface area contributed by atoms with Gasteiger partial charge in [-0.05, 0) is 80.8 Å². The van der Waals surface area contributed by atoms with Crippen LogP contribution in [0.4, 0.5) is 32.4 Å². The summed E-state index contributed by atoms with van der Waals surface area (Å²) < 4.78 is 70.3. The zero-order valence-electron chi connectivity index (χ0n) is 23.3. The predicted molar refractivity (Wildman–Crippen MR) is 144 cm³/mol. The molecule has 0 unspecified atom stereocenters. The Labute approximate surface area is 240 Å². The lowest BCUT2D eigenvalue weighted by Gasteiger charge is -2.45. The van der Waals surface area contributed by atoms with Crippen LogP contribution in [0.2, 0.25) is 0 Å². The highest BCUT2D eigenvalue weighted by Gasteiger charge is 2.52. The van der Waals surface area contributed by atoms with Crippen LogP contribution in [-0.2, 0) is 10.2 Å². The second kappa shape index (κ2) is 12.7. The summed E-state index contributed by atoms with van der Waals surface area (Å²) in [5.41, 5.74) is 1.08. The van der Waals surface area contributed by atoms with Crippen molar-refractivity contribution in [1.29, 1.82) is 0 Å². The third kappa shape index (κ3) is 7.23. The Morgan fingerprint density at radius 1 is 1.02 bits per heavy atom. The van der Waals surface area contributed by atoms with Gasteiger partial charge in [0.15, 0.2) is 11.5 Å². The van der Waals surface area contributed by atoms with Crippen molar-refractivity contribution in [2.24, 2.45) is 5.92 Å². The molecule has 42 heavy (non-hydrogen) atoms. The number of ether oxygens (including phenoxy) is 2. The average molecular weight is 600 g/mol. The van der Waals surface area contributed by atoms with Crippen molar-refractivity contribution in [3.05, 3.63) is 53.6 Å². The fourth-order valence-corrected chi connectivity index (χ4v) is 6.05. The lowest BCUT2D eigenvalue weighted by molar-refractivity contribution is -0.192. The maximum Gasteiger partial charge on any atom is 0.490 e. The molecule has 3 fully saturated rings. The zero-order chi connectivity index (χ0) is 30.7. The molecule has 0 spiro atoms. The molecule has 2 saturated carbocycles. The van der Waals surface area contributed by atoms with Crippen molar-refractivity contribution in [3.63, 3.8) is 0 Å². The first kappa shape index (κ1) is 31.3. The van der Waals surface area contributed by atoms with Crippen LogP contribution in [0.3, 0.4) is 0 Å². The Balaban J connectivity index is 0.000000517. The molecule has 3 aliphatic rings. The number of carboxylic acids is 1. The fourth-order valence-electron chi connectivity index (χ4n) is 6.05. The fraction of sp³-hybridized carbons (Fsp3) is 0.517. The number of nitrogens with zero attached hydrogens (tertiary/aromatic N) is 1. The second-order valence-electron chi connectivity index (χ2n) is 10.9. The molecule has 2 aliphatic carbocycles. The number of likely N-dealkylation sites (tertiary alicyclic amines) is 1. The summed E-state index contributed by atoms with van der Waals surface area (Å²) >= 11 is 0. The SMILES string of the molecule is COc1ccc([C@@]23CC[C@@H](NC(=O)Nc4cc(F)ccc4F)C[C@@H]2N(CC2CC2)CC3)cc1OC.O=C(O)C(F)(F)F. The summed E-state index contributed by atoms with van der Waals surface area (Å²) in [5.74, 6) is -1.80. The van der Waals surface area contributed by atoms with Gasteiger partial charge in [-0.15, -0.1) is 0 Å². The Bertz CT molecular complexity index is 1290. The molecule has 230 valence electrons. The number of carboxylic acid groups (broad SMARTS) is 1. The quantitative estimate of drug-likeness (QED) is 0.353. The maximum absolute atomic E-state index is 14.0. The molecule has 2 aromatic carbocycles. The van der Waals surface area contributed by atoms with E-state index in [4.69, 9.17) is 19.4 Å². The molecule has 3 atom stereocenters. The molecule has 1 heterocycles. The lowest BCUT2D eigenvalue weighted by atomic mass is 9.65. The number of alkyl halides is 3. The number of nitrogens with one attached hydrogen (secondary N) is 2. The highest BCUT2D eigenvalue weighted by molar-refractivity contribution is 5.89. The van der Waals surface area contributed by atoms with Crippen LogP contribution in [0.25, 0.3) is 0 Å². The molecule has 0 radical (unpaired) electrons. The molecule has 2 amide bonds. The third-order valence-electron chi connectivity index (χ3n) is 8.27. The van der Waals surface area contributed by atoms with Gasteiger partial charge in [0.25, 0.3) is 0 Å². The smallest absolute Gasteiger partial charge is 0.490 e. The number of carbonyl (C=O) groups excluding carboxylic acids is 1. The minimum absolute atomic E-state index is 0.0161. The average Bonchev–Trinajstić information content (AvgIpc) is 3.70. The van der Waals surface area contributed by atoms with Gasteiger partial charge in [0.1, 0.15) is 11.6 Å². The number of anilines is 1. The molecule has 0 bridgehead atoms. The van der Waals surface area contributed by atoms with E-state index in [2.05, 4.69) is 27.7 Å². The van der Waals surface area contributed by atoms with Gasteiger partial charge in [-0.1, -0.05) is 6.07 Å². The van der Waals surface area contributed by atoms with Crippen LogP contribution in [0.15, 0.2) is 36.4 Å². The van der Waals surface area contributed by atoms with E-state index in [-0.39, 0.29) is 23.2 Å². The Morgan fingerprint density at radius 2 is 1.71 bits per heavy atom. The van der Waals surface area contributed by atoms with Gasteiger partial charge in [-0.25, -0.2) is 18.4 Å². The molecule has 0 aromatic heterocycles. The number of methoxy groups -OCH3 is 2. The van der Waals surface area contributed by atoms with Crippen LogP contribution in [0.5, 0.6) is 11.5 Å². The van der Waals surface area contributed by atoms with Crippen molar-refractivity contribution in [3.8, 4) is 11.5 Å². The largest absolute Gasteiger partial charge is 0.493 e. The lowest BCUT2D eigenvalue weighted by Crippen LogP contribution is -2.53. The molecule has 2 aromatic rings. The minimum Gasteiger partial charge on any atom is -0.493 e. The number of carbonyl (C=O) groups is 2. The molecule has 13 heteroatoms. The Hall–Kier alpha value is -3.61. The molecule has 3 N–H and O–H groups in total. The zero-order valence-corrected chi connectivity index (χ0v) is 23.3. The molecule has 5 rings (SSSR count). The summed E-state index contributed by atoms with van der Waals surface area (Å²) in [4.78, 5) is 24.2. The molecule has 8 nitrogen and oxygen atoms in total. The highest BCUT2D eigenvalue weighted by atomic mass is 19.4. The number of fused-ring (bicyclic) bond motifs is 1. The molecule has 1 aliphatic heterocycles. The van der Waals surface area contributed by atoms with Gasteiger partial charge in [-0.3, -0.25) is 4.90 Å². The van der Waals surface area contributed by atoms with E-state index < -0.39 is 29.8 Å². The molecule has 1 saturated heterocycles. The summed E-state index contributed by atoms with van der Waals surface area (Å²) in [5, 5.41) is 12.6. The minimum atomic E-state index is -5.08. The van der Waals surface area contributed by atoms with Crippen LogP contribution in [0.1, 0.15) is 44.1 Å². The van der Waals surface area contributed by atoms with Gasteiger partial charge >= 0.3 is 18.2 Å². The van der Waals surface area contributed by atoms with Gasteiger partial charge in [-0.2, -0.15) is 13.2 Å². The number of amides is 2. The van der Waals surface area contributed by atoms with Crippen molar-refractivity contribution < 1.29 is 46.1 Å². The van der Waals surface area contributed by atoms with Crippen molar-refractivity contribution in [2.75, 3.05) is 32.6 Å². The Kier molecular flexibility index (Phi) is 9.49. The van der Waals surface area contributed by atoms with E-state index in [0.717, 1.165) is 68.6 Å². The van der Waals surface area contributed by atoms with Gasteiger partial charge < -0.3 is 25.2 Å². The number of halogens is 5. The van der Waals surface area contributed by atoms with E-state index in [0.29, 0.717) is 5.75 Å². The van der Waals surface area contributed by atoms with Crippen molar-refractivity contribution in [2.45, 2.75) is 62.2 Å². The number of hydrogen-bond acceptors (Lipinski definition) is 5. The predicted octanol–water partition coefficient (Wildman–Crippen LogP) is 5.71. The van der Waals surface area contributed by atoms with Crippen LogP contribution < -0.4 is 20.1 Å².